The summed E-state index contributed by atoms with van der Waals surface area (Å²) in [5, 5.41) is 11.9. The predicted octanol–water partition coefficient (Wildman–Crippen LogP) is -0.541. The van der Waals surface area contributed by atoms with E-state index in [1.54, 1.807) is 11.9 Å². The number of aliphatic hydroxyl groups is 1. The number of hydrogen-bond acceptors (Lipinski definition) is 4. The molecule has 1 saturated heterocycles. The van der Waals surface area contributed by atoms with Gasteiger partial charge in [0.15, 0.2) is 0 Å². The van der Waals surface area contributed by atoms with Crippen LogP contribution in [0.5, 0.6) is 0 Å². The lowest BCUT2D eigenvalue weighted by Gasteiger charge is -2.33. The number of rotatable bonds is 6. The highest BCUT2D eigenvalue weighted by atomic mass is 35.5. The first-order valence-electron chi connectivity index (χ1n) is 6.47. The number of piperazine rings is 1. The second-order valence-electron chi connectivity index (χ2n) is 4.58. The number of likely N-dealkylation sites (N-methyl/N-ethyl adjacent to an activating group) is 1. The Morgan fingerprint density at radius 1 is 1.58 bits per heavy atom. The summed E-state index contributed by atoms with van der Waals surface area (Å²) in [5.74, 6) is -0.109. The zero-order valence-corrected chi connectivity index (χ0v) is 12.4. The molecule has 0 aromatic heterocycles. The molecule has 1 heterocycles. The van der Waals surface area contributed by atoms with E-state index < -0.39 is 6.04 Å². The van der Waals surface area contributed by atoms with E-state index in [1.165, 1.54) is 4.90 Å². The van der Waals surface area contributed by atoms with Gasteiger partial charge in [-0.25, -0.2) is 0 Å². The number of nitrogens with zero attached hydrogens (tertiary/aromatic N) is 2. The lowest BCUT2D eigenvalue weighted by atomic mass is 10.1. The standard InChI is InChI=1S/C12H23N3O3.ClH/c1-3-5-15-6-4-13-10(12(15)18)9-11(17)14(2)7-8-16;/h10,13,16H,3-9H2,1-2H3;1H. The van der Waals surface area contributed by atoms with Crippen molar-refractivity contribution in [2.24, 2.45) is 0 Å². The molecule has 1 aliphatic heterocycles. The van der Waals surface area contributed by atoms with Gasteiger partial charge in [0.2, 0.25) is 11.8 Å². The Balaban J connectivity index is 0.00000324. The van der Waals surface area contributed by atoms with Gasteiger partial charge in [-0.3, -0.25) is 9.59 Å². The van der Waals surface area contributed by atoms with Gasteiger partial charge in [-0.05, 0) is 6.42 Å². The number of hydrogen-bond donors (Lipinski definition) is 2. The lowest BCUT2D eigenvalue weighted by Crippen LogP contribution is -2.56. The van der Waals surface area contributed by atoms with Crippen LogP contribution in [0.15, 0.2) is 0 Å². The van der Waals surface area contributed by atoms with E-state index >= 15 is 0 Å². The van der Waals surface area contributed by atoms with E-state index in [2.05, 4.69) is 5.32 Å². The number of amides is 2. The van der Waals surface area contributed by atoms with Crippen molar-refractivity contribution < 1.29 is 14.7 Å². The Hall–Kier alpha value is -0.850. The van der Waals surface area contributed by atoms with Gasteiger partial charge in [0, 0.05) is 33.2 Å². The second-order valence-corrected chi connectivity index (χ2v) is 4.58. The number of halogens is 1. The van der Waals surface area contributed by atoms with E-state index in [-0.39, 0.29) is 37.2 Å². The molecule has 1 aliphatic rings. The minimum Gasteiger partial charge on any atom is -0.395 e. The summed E-state index contributed by atoms with van der Waals surface area (Å²) in [6, 6.07) is -0.418. The van der Waals surface area contributed by atoms with Gasteiger partial charge in [-0.2, -0.15) is 0 Å². The molecule has 1 rings (SSSR count). The van der Waals surface area contributed by atoms with Crippen LogP contribution in [-0.4, -0.2) is 72.6 Å². The van der Waals surface area contributed by atoms with Crippen LogP contribution in [0.25, 0.3) is 0 Å². The summed E-state index contributed by atoms with van der Waals surface area (Å²) in [6.07, 6.45) is 1.09. The highest BCUT2D eigenvalue weighted by molar-refractivity contribution is 5.88. The normalized spacial score (nSPS) is 19.0. The molecule has 112 valence electrons. The maximum atomic E-state index is 12.1. The predicted molar refractivity (Wildman–Crippen MR) is 75.2 cm³/mol. The SMILES string of the molecule is CCCN1CCNC(CC(=O)N(C)CCO)C1=O.Cl. The van der Waals surface area contributed by atoms with E-state index in [0.29, 0.717) is 13.1 Å². The van der Waals surface area contributed by atoms with Crippen molar-refractivity contribution in [3.8, 4) is 0 Å². The summed E-state index contributed by atoms with van der Waals surface area (Å²) < 4.78 is 0. The molecule has 1 fully saturated rings. The van der Waals surface area contributed by atoms with Crippen molar-refractivity contribution in [2.75, 3.05) is 39.8 Å². The Labute approximate surface area is 120 Å². The molecule has 6 nitrogen and oxygen atoms in total. The smallest absolute Gasteiger partial charge is 0.240 e. The first-order chi connectivity index (χ1) is 8.60. The quantitative estimate of drug-likeness (QED) is 0.690. The number of nitrogens with one attached hydrogen (secondary N) is 1. The first-order valence-corrected chi connectivity index (χ1v) is 6.47. The highest BCUT2D eigenvalue weighted by Gasteiger charge is 2.30. The van der Waals surface area contributed by atoms with Crippen LogP contribution in [0.4, 0.5) is 0 Å². The van der Waals surface area contributed by atoms with Crippen LogP contribution < -0.4 is 5.32 Å². The van der Waals surface area contributed by atoms with E-state index in [4.69, 9.17) is 5.11 Å². The van der Waals surface area contributed by atoms with Crippen molar-refractivity contribution in [3.05, 3.63) is 0 Å². The van der Waals surface area contributed by atoms with Gasteiger partial charge < -0.3 is 20.2 Å². The average molecular weight is 294 g/mol. The molecule has 0 aromatic rings. The fourth-order valence-electron chi connectivity index (χ4n) is 2.05. The number of carbonyl (C=O) groups excluding carboxylic acids is 2. The van der Waals surface area contributed by atoms with Gasteiger partial charge in [0.05, 0.1) is 19.1 Å². The molecule has 0 aromatic carbocycles. The fraction of sp³-hybridized carbons (Fsp3) is 0.833. The summed E-state index contributed by atoms with van der Waals surface area (Å²) in [5.41, 5.74) is 0. The van der Waals surface area contributed by atoms with Gasteiger partial charge >= 0.3 is 0 Å². The largest absolute Gasteiger partial charge is 0.395 e. The summed E-state index contributed by atoms with van der Waals surface area (Å²) >= 11 is 0. The molecular weight excluding hydrogens is 270 g/mol. The molecule has 7 heteroatoms. The molecule has 1 unspecified atom stereocenters. The van der Waals surface area contributed by atoms with Crippen molar-refractivity contribution in [1.82, 2.24) is 15.1 Å². The third-order valence-corrected chi connectivity index (χ3v) is 3.12. The van der Waals surface area contributed by atoms with Crippen molar-refractivity contribution in [1.29, 1.82) is 0 Å². The van der Waals surface area contributed by atoms with Gasteiger partial charge in [-0.1, -0.05) is 6.92 Å². The first kappa shape index (κ1) is 18.1. The summed E-state index contributed by atoms with van der Waals surface area (Å²) in [4.78, 5) is 27.1. The highest BCUT2D eigenvalue weighted by Crippen LogP contribution is 2.07. The summed E-state index contributed by atoms with van der Waals surface area (Å²) in [6.45, 7) is 4.47. The fourth-order valence-corrected chi connectivity index (χ4v) is 2.05. The van der Waals surface area contributed by atoms with Crippen LogP contribution in [-0.2, 0) is 9.59 Å². The molecule has 2 N–H and O–H groups in total. The molecule has 19 heavy (non-hydrogen) atoms. The van der Waals surface area contributed by atoms with Gasteiger partial charge in [0.1, 0.15) is 0 Å². The van der Waals surface area contributed by atoms with Gasteiger partial charge in [-0.15, -0.1) is 12.4 Å². The van der Waals surface area contributed by atoms with Crippen LogP contribution >= 0.6 is 12.4 Å². The lowest BCUT2D eigenvalue weighted by molar-refractivity contribution is -0.140. The van der Waals surface area contributed by atoms with E-state index in [0.717, 1.165) is 19.5 Å². The molecule has 0 aliphatic carbocycles. The number of carbonyl (C=O) groups is 2. The summed E-state index contributed by atoms with van der Waals surface area (Å²) in [7, 11) is 1.63. The van der Waals surface area contributed by atoms with Crippen LogP contribution in [0.1, 0.15) is 19.8 Å². The zero-order valence-electron chi connectivity index (χ0n) is 11.6. The molecule has 1 atom stereocenters. The Morgan fingerprint density at radius 2 is 2.26 bits per heavy atom. The minimum atomic E-state index is -0.418. The van der Waals surface area contributed by atoms with Crippen molar-refractivity contribution in [3.63, 3.8) is 0 Å². The second kappa shape index (κ2) is 9.12. The molecular formula is C12H24ClN3O3. The van der Waals surface area contributed by atoms with Crippen LogP contribution in [0.3, 0.4) is 0 Å². The molecule has 0 radical (unpaired) electrons. The third kappa shape index (κ3) is 5.34. The van der Waals surface area contributed by atoms with E-state index in [1.807, 2.05) is 6.92 Å². The zero-order chi connectivity index (χ0) is 13.5. The maximum Gasteiger partial charge on any atom is 0.240 e. The molecule has 2 amide bonds. The molecule has 0 bridgehead atoms. The Bertz CT molecular complexity index is 300. The topological polar surface area (TPSA) is 72.9 Å². The minimum absolute atomic E-state index is 0. The van der Waals surface area contributed by atoms with Gasteiger partial charge in [0.25, 0.3) is 0 Å². The average Bonchev–Trinajstić information content (AvgIpc) is 2.34. The Kier molecular flexibility index (Phi) is 8.71. The third-order valence-electron chi connectivity index (χ3n) is 3.12. The maximum absolute atomic E-state index is 12.1. The monoisotopic (exact) mass is 293 g/mol. The van der Waals surface area contributed by atoms with Crippen LogP contribution in [0.2, 0.25) is 0 Å². The van der Waals surface area contributed by atoms with Crippen molar-refractivity contribution >= 4 is 24.2 Å². The molecule has 0 saturated carbocycles. The van der Waals surface area contributed by atoms with Crippen LogP contribution in [0, 0.1) is 0 Å². The molecule has 0 spiro atoms. The Morgan fingerprint density at radius 3 is 2.84 bits per heavy atom. The van der Waals surface area contributed by atoms with E-state index in [9.17, 15) is 9.59 Å². The number of aliphatic hydroxyl groups excluding tert-OH is 1. The van der Waals surface area contributed by atoms with Crippen molar-refractivity contribution in [2.45, 2.75) is 25.8 Å².